The Hall–Kier alpha value is -0.710. The van der Waals surface area contributed by atoms with Crippen LogP contribution in [-0.4, -0.2) is 23.7 Å². The zero-order chi connectivity index (χ0) is 8.48. The Balaban J connectivity index is 2.42. The van der Waals surface area contributed by atoms with E-state index < -0.39 is 17.9 Å². The first-order chi connectivity index (χ1) is 5.01. The lowest BCUT2D eigenvalue weighted by Gasteiger charge is -2.26. The number of nitrogens with one attached hydrogen (secondary N) is 1. The standard InChI is InChI=1S/C6H9F2NO2/c7-6(8)2-1-4(3-9-6)5(10)11/h4,9H,1-3H2,(H,10,11)/t4-/m1/s1. The van der Waals surface area contributed by atoms with E-state index in [9.17, 15) is 13.6 Å². The molecule has 1 atom stereocenters. The van der Waals surface area contributed by atoms with E-state index in [1.54, 1.807) is 0 Å². The zero-order valence-corrected chi connectivity index (χ0v) is 5.81. The molecular weight excluding hydrogens is 156 g/mol. The number of carboxylic acids is 1. The lowest BCUT2D eigenvalue weighted by molar-refractivity contribution is -0.146. The molecule has 0 amide bonds. The van der Waals surface area contributed by atoms with E-state index in [1.165, 1.54) is 0 Å². The Morgan fingerprint density at radius 3 is 2.64 bits per heavy atom. The molecule has 0 saturated carbocycles. The van der Waals surface area contributed by atoms with Crippen molar-refractivity contribution in [3.8, 4) is 0 Å². The number of aliphatic carboxylic acids is 1. The second-order valence-electron chi connectivity index (χ2n) is 2.66. The Morgan fingerprint density at radius 2 is 2.27 bits per heavy atom. The zero-order valence-electron chi connectivity index (χ0n) is 5.81. The highest BCUT2D eigenvalue weighted by atomic mass is 19.3. The van der Waals surface area contributed by atoms with Crippen LogP contribution in [0, 0.1) is 5.92 Å². The number of hydrogen-bond acceptors (Lipinski definition) is 2. The average Bonchev–Trinajstić information content (AvgIpc) is 1.86. The predicted molar refractivity (Wildman–Crippen MR) is 33.3 cm³/mol. The summed E-state index contributed by atoms with van der Waals surface area (Å²) in [6.45, 7) is -0.137. The molecule has 1 heterocycles. The summed E-state index contributed by atoms with van der Waals surface area (Å²) < 4.78 is 24.7. The fourth-order valence-electron chi connectivity index (χ4n) is 1.03. The van der Waals surface area contributed by atoms with Crippen molar-refractivity contribution in [1.82, 2.24) is 5.32 Å². The summed E-state index contributed by atoms with van der Waals surface area (Å²) in [7, 11) is 0. The monoisotopic (exact) mass is 165 g/mol. The third-order valence-electron chi connectivity index (χ3n) is 1.76. The Labute approximate surface area is 62.4 Å². The van der Waals surface area contributed by atoms with Gasteiger partial charge in [0, 0.05) is 13.0 Å². The molecule has 0 aromatic rings. The SMILES string of the molecule is O=C(O)[C@@H]1CCC(F)(F)NC1. The van der Waals surface area contributed by atoms with Gasteiger partial charge in [0.15, 0.2) is 0 Å². The minimum atomic E-state index is -2.87. The number of rotatable bonds is 1. The second-order valence-corrected chi connectivity index (χ2v) is 2.66. The van der Waals surface area contributed by atoms with Gasteiger partial charge in [-0.2, -0.15) is 8.78 Å². The maximum Gasteiger partial charge on any atom is 0.307 e. The number of carbonyl (C=O) groups is 1. The number of piperidine rings is 1. The highest BCUT2D eigenvalue weighted by molar-refractivity contribution is 5.70. The summed E-state index contributed by atoms with van der Waals surface area (Å²) >= 11 is 0. The summed E-state index contributed by atoms with van der Waals surface area (Å²) in [5, 5.41) is 10.3. The second kappa shape index (κ2) is 2.73. The molecule has 1 saturated heterocycles. The van der Waals surface area contributed by atoms with Gasteiger partial charge in [-0.1, -0.05) is 0 Å². The van der Waals surface area contributed by atoms with Crippen LogP contribution in [-0.2, 0) is 4.79 Å². The van der Waals surface area contributed by atoms with Crippen LogP contribution in [0.1, 0.15) is 12.8 Å². The fraction of sp³-hybridized carbons (Fsp3) is 0.833. The van der Waals surface area contributed by atoms with E-state index in [1.807, 2.05) is 5.32 Å². The maximum atomic E-state index is 12.3. The first kappa shape index (κ1) is 8.39. The first-order valence-electron chi connectivity index (χ1n) is 3.37. The maximum absolute atomic E-state index is 12.3. The van der Waals surface area contributed by atoms with E-state index in [2.05, 4.69) is 0 Å². The van der Waals surface area contributed by atoms with Crippen molar-refractivity contribution < 1.29 is 18.7 Å². The van der Waals surface area contributed by atoms with Gasteiger partial charge in [0.25, 0.3) is 0 Å². The van der Waals surface area contributed by atoms with Crippen LogP contribution in [0.2, 0.25) is 0 Å². The minimum absolute atomic E-state index is 0.0509. The quantitative estimate of drug-likeness (QED) is 0.561. The molecule has 2 N–H and O–H groups in total. The van der Waals surface area contributed by atoms with Crippen LogP contribution in [0.4, 0.5) is 8.78 Å². The van der Waals surface area contributed by atoms with Gasteiger partial charge in [0.1, 0.15) is 0 Å². The van der Waals surface area contributed by atoms with E-state index in [-0.39, 0.29) is 19.4 Å². The van der Waals surface area contributed by atoms with Crippen LogP contribution in [0.25, 0.3) is 0 Å². The highest BCUT2D eigenvalue weighted by Gasteiger charge is 2.36. The molecule has 1 aliphatic heterocycles. The molecule has 0 aromatic carbocycles. The number of hydrogen-bond donors (Lipinski definition) is 2. The topological polar surface area (TPSA) is 49.3 Å². The molecule has 5 heteroatoms. The number of alkyl halides is 2. The van der Waals surface area contributed by atoms with Crippen molar-refractivity contribution in [3.63, 3.8) is 0 Å². The van der Waals surface area contributed by atoms with Crippen molar-refractivity contribution >= 4 is 5.97 Å². The van der Waals surface area contributed by atoms with Gasteiger partial charge in [-0.05, 0) is 6.42 Å². The van der Waals surface area contributed by atoms with Crippen molar-refractivity contribution in [2.45, 2.75) is 18.9 Å². The molecule has 0 bridgehead atoms. The molecule has 1 fully saturated rings. The van der Waals surface area contributed by atoms with Crippen molar-refractivity contribution in [2.24, 2.45) is 5.92 Å². The molecule has 0 unspecified atom stereocenters. The average molecular weight is 165 g/mol. The van der Waals surface area contributed by atoms with E-state index in [0.29, 0.717) is 0 Å². The molecule has 1 rings (SSSR count). The van der Waals surface area contributed by atoms with Crippen LogP contribution in [0.15, 0.2) is 0 Å². The van der Waals surface area contributed by atoms with Crippen LogP contribution < -0.4 is 5.32 Å². The molecule has 0 aromatic heterocycles. The van der Waals surface area contributed by atoms with Crippen molar-refractivity contribution in [2.75, 3.05) is 6.54 Å². The smallest absolute Gasteiger partial charge is 0.307 e. The molecule has 0 aliphatic carbocycles. The van der Waals surface area contributed by atoms with Crippen molar-refractivity contribution in [3.05, 3.63) is 0 Å². The Bertz CT molecular complexity index is 162. The van der Waals surface area contributed by atoms with Gasteiger partial charge < -0.3 is 5.11 Å². The lowest BCUT2D eigenvalue weighted by Crippen LogP contribution is -2.46. The third-order valence-corrected chi connectivity index (χ3v) is 1.76. The fourth-order valence-corrected chi connectivity index (χ4v) is 1.03. The van der Waals surface area contributed by atoms with Crippen LogP contribution in [0.3, 0.4) is 0 Å². The van der Waals surface area contributed by atoms with Gasteiger partial charge >= 0.3 is 12.0 Å². The van der Waals surface area contributed by atoms with Gasteiger partial charge in [-0.3, -0.25) is 10.1 Å². The van der Waals surface area contributed by atoms with E-state index in [4.69, 9.17) is 5.11 Å². The molecular formula is C6H9F2NO2. The van der Waals surface area contributed by atoms with Crippen LogP contribution >= 0.6 is 0 Å². The molecule has 11 heavy (non-hydrogen) atoms. The number of carboxylic acid groups (broad SMARTS) is 1. The van der Waals surface area contributed by atoms with Gasteiger partial charge in [0.05, 0.1) is 5.92 Å². The number of halogens is 2. The minimum Gasteiger partial charge on any atom is -0.481 e. The summed E-state index contributed by atoms with van der Waals surface area (Å²) in [5.41, 5.74) is 0. The van der Waals surface area contributed by atoms with E-state index in [0.717, 1.165) is 0 Å². The summed E-state index contributed by atoms with van der Waals surface area (Å²) in [5.74, 6) is -1.66. The lowest BCUT2D eigenvalue weighted by atomic mass is 9.99. The first-order valence-corrected chi connectivity index (χ1v) is 3.37. The molecule has 0 spiro atoms. The molecule has 3 nitrogen and oxygen atoms in total. The largest absolute Gasteiger partial charge is 0.481 e. The Morgan fingerprint density at radius 1 is 1.64 bits per heavy atom. The third kappa shape index (κ3) is 2.11. The Kier molecular flexibility index (Phi) is 2.08. The van der Waals surface area contributed by atoms with Gasteiger partial charge in [0.2, 0.25) is 0 Å². The predicted octanol–water partition coefficient (Wildman–Crippen LogP) is 0.663. The van der Waals surface area contributed by atoms with Gasteiger partial charge in [-0.25, -0.2) is 0 Å². The summed E-state index contributed by atoms with van der Waals surface area (Å²) in [4.78, 5) is 10.3. The van der Waals surface area contributed by atoms with Crippen LogP contribution in [0.5, 0.6) is 0 Å². The molecule has 0 radical (unpaired) electrons. The highest BCUT2D eigenvalue weighted by Crippen LogP contribution is 2.25. The molecule has 64 valence electrons. The van der Waals surface area contributed by atoms with Gasteiger partial charge in [-0.15, -0.1) is 0 Å². The summed E-state index contributed by atoms with van der Waals surface area (Å²) in [6.07, 6.45) is -0.334. The normalized spacial score (nSPS) is 29.8. The summed E-state index contributed by atoms with van der Waals surface area (Å²) in [6, 6.07) is -2.87. The van der Waals surface area contributed by atoms with E-state index >= 15 is 0 Å². The van der Waals surface area contributed by atoms with Crippen molar-refractivity contribution in [1.29, 1.82) is 0 Å². The molecule has 1 aliphatic rings.